The Hall–Kier alpha value is -1.76. The second-order valence-electron chi connectivity index (χ2n) is 7.79. The molecule has 0 spiro atoms. The quantitative estimate of drug-likeness (QED) is 0.321. The number of fused-ring (bicyclic) bond motifs is 1. The number of pyridine rings is 1. The zero-order valence-corrected chi connectivity index (χ0v) is 18.1. The van der Waals surface area contributed by atoms with Gasteiger partial charge in [-0.15, -0.1) is 0 Å². The number of rotatable bonds is 4. The largest absolute Gasteiger partial charge is 0.466 e. The first-order valence-corrected chi connectivity index (χ1v) is 10.6. The Kier molecular flexibility index (Phi) is 8.85. The molecule has 1 aromatic heterocycles. The van der Waals surface area contributed by atoms with E-state index >= 15 is 0 Å². The maximum absolute atomic E-state index is 13.2. The smallest absolute Gasteiger partial charge is 0.388 e. The normalized spacial score (nSPS) is 14.2. The summed E-state index contributed by atoms with van der Waals surface area (Å²) in [6, 6.07) is 3.61. The van der Waals surface area contributed by atoms with Crippen molar-refractivity contribution in [3.63, 3.8) is 0 Å². The number of aromatic nitrogens is 1. The van der Waals surface area contributed by atoms with E-state index in [1.165, 1.54) is 6.07 Å². The molecule has 0 fully saturated rings. The van der Waals surface area contributed by atoms with Gasteiger partial charge in [-0.2, -0.15) is 26.3 Å². The highest BCUT2D eigenvalue weighted by Gasteiger charge is 2.37. The van der Waals surface area contributed by atoms with Crippen LogP contribution in [0, 0.1) is 0 Å². The lowest BCUT2D eigenvalue weighted by Crippen LogP contribution is -2.36. The highest BCUT2D eigenvalue weighted by molar-refractivity contribution is 7.45. The van der Waals surface area contributed by atoms with E-state index in [9.17, 15) is 31.4 Å². The molecule has 2 rings (SSSR count). The third-order valence-corrected chi connectivity index (χ3v) is 3.90. The molecular formula is C18H23F6N2O5P. The molecule has 1 heterocycles. The van der Waals surface area contributed by atoms with Crippen LogP contribution in [0.4, 0.5) is 26.3 Å². The Morgan fingerprint density at radius 3 is 2.00 bits per heavy atom. The first-order chi connectivity index (χ1) is 14.2. The number of hydrogen-bond donors (Lipinski definition) is 5. The van der Waals surface area contributed by atoms with E-state index in [0.717, 1.165) is 6.07 Å². The van der Waals surface area contributed by atoms with E-state index in [1.54, 1.807) is 0 Å². The fourth-order valence-electron chi connectivity index (χ4n) is 2.66. The van der Waals surface area contributed by atoms with Crippen molar-refractivity contribution in [2.24, 2.45) is 0 Å². The number of nitrogens with one attached hydrogen (secondary N) is 1. The molecule has 0 saturated heterocycles. The first kappa shape index (κ1) is 28.3. The number of aliphatic hydroxyl groups excluding tert-OH is 1. The number of benzene rings is 1. The summed E-state index contributed by atoms with van der Waals surface area (Å²) in [5.74, 6) is 0. The molecule has 182 valence electrons. The van der Waals surface area contributed by atoms with Gasteiger partial charge in [-0.25, -0.2) is 9.55 Å². The van der Waals surface area contributed by atoms with Gasteiger partial charge in [-0.05, 0) is 51.4 Å². The average molecular weight is 492 g/mol. The van der Waals surface area contributed by atoms with Gasteiger partial charge in [-0.3, -0.25) is 0 Å². The molecule has 0 saturated carbocycles. The van der Waals surface area contributed by atoms with Gasteiger partial charge in [0, 0.05) is 10.9 Å². The van der Waals surface area contributed by atoms with E-state index in [0.29, 0.717) is 12.1 Å². The van der Waals surface area contributed by atoms with Gasteiger partial charge in [0.2, 0.25) is 0 Å². The summed E-state index contributed by atoms with van der Waals surface area (Å²) in [6.45, 7) is 5.89. The van der Waals surface area contributed by atoms with Gasteiger partial charge in [0.1, 0.15) is 5.69 Å². The summed E-state index contributed by atoms with van der Waals surface area (Å²) in [5.41, 5.74) is -4.07. The zero-order valence-electron chi connectivity index (χ0n) is 17.2. The minimum atomic E-state index is -4.94. The summed E-state index contributed by atoms with van der Waals surface area (Å²) in [6.07, 6.45) is -11.2. The molecule has 5 N–H and O–H groups in total. The van der Waals surface area contributed by atoms with Gasteiger partial charge in [-0.1, -0.05) is 12.1 Å². The SMILES string of the molecule is CC(C)(C)NCCC(O)c1cc(C(F)(F)F)nc2c(C(F)(F)F)cccc12.O=P(O)(O)O. The third kappa shape index (κ3) is 9.39. The van der Waals surface area contributed by atoms with Crippen molar-refractivity contribution in [3.8, 4) is 0 Å². The van der Waals surface area contributed by atoms with Crippen LogP contribution < -0.4 is 5.32 Å². The van der Waals surface area contributed by atoms with E-state index in [4.69, 9.17) is 19.2 Å². The van der Waals surface area contributed by atoms with Gasteiger partial charge in [0.05, 0.1) is 17.2 Å². The molecule has 0 amide bonds. The molecule has 32 heavy (non-hydrogen) atoms. The topological polar surface area (TPSA) is 123 Å². The molecule has 7 nitrogen and oxygen atoms in total. The highest BCUT2D eigenvalue weighted by atomic mass is 31.2. The number of halogens is 6. The lowest BCUT2D eigenvalue weighted by Gasteiger charge is -2.23. The predicted molar refractivity (Wildman–Crippen MR) is 103 cm³/mol. The molecule has 0 aliphatic carbocycles. The molecule has 0 radical (unpaired) electrons. The van der Waals surface area contributed by atoms with Crippen LogP contribution in [0.3, 0.4) is 0 Å². The molecule has 14 heteroatoms. The number of aliphatic hydroxyl groups is 1. The van der Waals surface area contributed by atoms with Crippen molar-refractivity contribution in [2.45, 2.75) is 51.2 Å². The van der Waals surface area contributed by atoms with Crippen LogP contribution in [0.25, 0.3) is 10.9 Å². The number of alkyl halides is 6. The molecule has 0 aliphatic rings. The van der Waals surface area contributed by atoms with E-state index in [2.05, 4.69) is 10.3 Å². The Morgan fingerprint density at radius 2 is 1.56 bits per heavy atom. The zero-order chi connectivity index (χ0) is 25.1. The molecule has 0 aliphatic heterocycles. The summed E-state index contributed by atoms with van der Waals surface area (Å²) in [5, 5.41) is 13.3. The van der Waals surface area contributed by atoms with Crippen molar-refractivity contribution in [2.75, 3.05) is 6.54 Å². The van der Waals surface area contributed by atoms with E-state index in [1.807, 2.05) is 20.8 Å². The number of para-hydroxylation sites is 1. The Bertz CT molecular complexity index is 961. The van der Waals surface area contributed by atoms with Crippen LogP contribution in [-0.4, -0.2) is 36.9 Å². The van der Waals surface area contributed by atoms with Gasteiger partial charge in [0.15, 0.2) is 0 Å². The number of phosphoric acid groups is 1. The fourth-order valence-corrected chi connectivity index (χ4v) is 2.66. The van der Waals surface area contributed by atoms with Gasteiger partial charge in [0.25, 0.3) is 0 Å². The molecule has 0 bridgehead atoms. The molecular weight excluding hydrogens is 469 g/mol. The molecule has 1 aromatic carbocycles. The predicted octanol–water partition coefficient (Wildman–Crippen LogP) is 4.16. The summed E-state index contributed by atoms with van der Waals surface area (Å²) in [7, 11) is -4.64. The Labute approximate surface area is 179 Å². The summed E-state index contributed by atoms with van der Waals surface area (Å²) >= 11 is 0. The minimum absolute atomic E-state index is 0.0317. The monoisotopic (exact) mass is 492 g/mol. The number of nitrogens with zero attached hydrogens (tertiary/aromatic N) is 1. The van der Waals surface area contributed by atoms with Crippen molar-refractivity contribution >= 4 is 18.7 Å². The molecule has 2 aromatic rings. The Morgan fingerprint density at radius 1 is 1.03 bits per heavy atom. The standard InChI is InChI=1S/C18H20F6N2O.H3O4P/c1-16(2,3)25-8-7-13(27)11-9-14(18(22,23)24)26-15-10(11)5-4-6-12(15)17(19,20)21;1-5(2,3)4/h4-6,9,13,25,27H,7-8H2,1-3H3;(H3,1,2,3,4). The third-order valence-electron chi connectivity index (χ3n) is 3.90. The molecule has 1 unspecified atom stereocenters. The average Bonchev–Trinajstić information content (AvgIpc) is 2.55. The lowest BCUT2D eigenvalue weighted by molar-refractivity contribution is -0.142. The summed E-state index contributed by atoms with van der Waals surface area (Å²) < 4.78 is 88.0. The van der Waals surface area contributed by atoms with Crippen molar-refractivity contribution < 1.29 is 50.7 Å². The number of hydrogen-bond acceptors (Lipinski definition) is 4. The van der Waals surface area contributed by atoms with Crippen LogP contribution >= 0.6 is 7.82 Å². The fraction of sp³-hybridized carbons (Fsp3) is 0.500. The van der Waals surface area contributed by atoms with Gasteiger partial charge >= 0.3 is 20.2 Å². The lowest BCUT2D eigenvalue weighted by atomic mass is 9.97. The van der Waals surface area contributed by atoms with Crippen molar-refractivity contribution in [1.82, 2.24) is 10.3 Å². The van der Waals surface area contributed by atoms with E-state index < -0.39 is 43.1 Å². The second-order valence-corrected chi connectivity index (χ2v) is 8.82. The minimum Gasteiger partial charge on any atom is -0.388 e. The maximum Gasteiger partial charge on any atom is 0.466 e. The van der Waals surface area contributed by atoms with Crippen molar-refractivity contribution in [1.29, 1.82) is 0 Å². The van der Waals surface area contributed by atoms with E-state index in [-0.39, 0.29) is 29.5 Å². The second kappa shape index (κ2) is 10.0. The summed E-state index contributed by atoms with van der Waals surface area (Å²) in [4.78, 5) is 24.8. The van der Waals surface area contributed by atoms with Gasteiger partial charge < -0.3 is 25.1 Å². The van der Waals surface area contributed by atoms with Crippen LogP contribution in [0.15, 0.2) is 24.3 Å². The van der Waals surface area contributed by atoms with Crippen LogP contribution in [0.1, 0.15) is 50.1 Å². The highest BCUT2D eigenvalue weighted by Crippen LogP contribution is 2.39. The van der Waals surface area contributed by atoms with Crippen LogP contribution in [-0.2, 0) is 16.9 Å². The maximum atomic E-state index is 13.2. The van der Waals surface area contributed by atoms with Crippen LogP contribution in [0.5, 0.6) is 0 Å². The van der Waals surface area contributed by atoms with Crippen molar-refractivity contribution in [3.05, 3.63) is 41.1 Å². The first-order valence-electron chi connectivity index (χ1n) is 8.99. The Balaban J connectivity index is 0.000000920. The molecule has 1 atom stereocenters. The van der Waals surface area contributed by atoms with Crippen LogP contribution in [0.2, 0.25) is 0 Å².